The van der Waals surface area contributed by atoms with E-state index in [1.54, 1.807) is 54.3 Å². The second-order valence-corrected chi connectivity index (χ2v) is 7.91. The average molecular weight is 374 g/mol. The molecular formula is C19H22N2O4S. The fraction of sp³-hybridized carbons (Fsp3) is 0.316. The lowest BCUT2D eigenvalue weighted by Gasteiger charge is -2.28. The summed E-state index contributed by atoms with van der Waals surface area (Å²) in [5.41, 5.74) is 1.64. The molecule has 6 nitrogen and oxygen atoms in total. The maximum atomic E-state index is 12.7. The molecule has 0 radical (unpaired) electrons. The van der Waals surface area contributed by atoms with Gasteiger partial charge in [0.15, 0.2) is 0 Å². The van der Waals surface area contributed by atoms with Gasteiger partial charge in [-0.1, -0.05) is 18.2 Å². The van der Waals surface area contributed by atoms with Crippen LogP contribution in [0.4, 0.5) is 11.4 Å². The SMILES string of the molecule is COc1ccc(NS(=O)(=O)c2ccccc2C)cc1N1CCCCC1=O. The van der Waals surface area contributed by atoms with Gasteiger partial charge in [0.05, 0.1) is 23.4 Å². The van der Waals surface area contributed by atoms with E-state index in [0.717, 1.165) is 12.8 Å². The number of amides is 1. The summed E-state index contributed by atoms with van der Waals surface area (Å²) in [6.07, 6.45) is 2.27. The summed E-state index contributed by atoms with van der Waals surface area (Å²) in [5.74, 6) is 0.563. The Labute approximate surface area is 153 Å². The number of benzene rings is 2. The zero-order valence-electron chi connectivity index (χ0n) is 14.9. The summed E-state index contributed by atoms with van der Waals surface area (Å²) < 4.78 is 33.4. The van der Waals surface area contributed by atoms with Crippen LogP contribution in [0.15, 0.2) is 47.4 Å². The molecule has 3 rings (SSSR count). The number of piperidine rings is 1. The van der Waals surface area contributed by atoms with Crippen LogP contribution in [0.5, 0.6) is 5.75 Å². The van der Waals surface area contributed by atoms with Crippen molar-refractivity contribution in [3.63, 3.8) is 0 Å². The van der Waals surface area contributed by atoms with Crippen LogP contribution in [-0.4, -0.2) is 28.0 Å². The molecule has 0 aliphatic carbocycles. The van der Waals surface area contributed by atoms with Crippen LogP contribution < -0.4 is 14.4 Å². The van der Waals surface area contributed by atoms with E-state index in [0.29, 0.717) is 35.7 Å². The van der Waals surface area contributed by atoms with Gasteiger partial charge >= 0.3 is 0 Å². The molecule has 26 heavy (non-hydrogen) atoms. The van der Waals surface area contributed by atoms with E-state index in [-0.39, 0.29) is 10.8 Å². The molecule has 0 saturated carbocycles. The van der Waals surface area contributed by atoms with Crippen molar-refractivity contribution in [2.45, 2.75) is 31.1 Å². The number of ether oxygens (including phenoxy) is 1. The first kappa shape index (κ1) is 18.3. The zero-order valence-corrected chi connectivity index (χ0v) is 15.7. The van der Waals surface area contributed by atoms with Gasteiger partial charge in [-0.15, -0.1) is 0 Å². The summed E-state index contributed by atoms with van der Waals surface area (Å²) in [5, 5.41) is 0. The van der Waals surface area contributed by atoms with Gasteiger partial charge < -0.3 is 9.64 Å². The van der Waals surface area contributed by atoms with Crippen molar-refractivity contribution < 1.29 is 17.9 Å². The Kier molecular flexibility index (Phi) is 5.18. The molecule has 1 aliphatic rings. The molecule has 1 heterocycles. The van der Waals surface area contributed by atoms with Crippen molar-refractivity contribution in [2.24, 2.45) is 0 Å². The predicted molar refractivity (Wildman–Crippen MR) is 101 cm³/mol. The lowest BCUT2D eigenvalue weighted by atomic mass is 10.1. The van der Waals surface area contributed by atoms with Gasteiger partial charge in [0.1, 0.15) is 5.75 Å². The fourth-order valence-electron chi connectivity index (χ4n) is 3.09. The Morgan fingerprint density at radius 2 is 1.88 bits per heavy atom. The number of aryl methyl sites for hydroxylation is 1. The minimum atomic E-state index is -3.72. The van der Waals surface area contributed by atoms with Crippen molar-refractivity contribution in [2.75, 3.05) is 23.3 Å². The quantitative estimate of drug-likeness (QED) is 0.871. The highest BCUT2D eigenvalue weighted by molar-refractivity contribution is 7.92. The minimum Gasteiger partial charge on any atom is -0.495 e. The number of sulfonamides is 1. The lowest BCUT2D eigenvalue weighted by molar-refractivity contribution is -0.119. The maximum Gasteiger partial charge on any atom is 0.262 e. The summed E-state index contributed by atoms with van der Waals surface area (Å²) in [6, 6.07) is 11.8. The summed E-state index contributed by atoms with van der Waals surface area (Å²) in [7, 11) is -2.19. The van der Waals surface area contributed by atoms with Crippen molar-refractivity contribution in [1.29, 1.82) is 0 Å². The van der Waals surface area contributed by atoms with Crippen molar-refractivity contribution in [3.05, 3.63) is 48.0 Å². The molecular weight excluding hydrogens is 352 g/mol. The van der Waals surface area contributed by atoms with Crippen LogP contribution in [-0.2, 0) is 14.8 Å². The number of hydrogen-bond donors (Lipinski definition) is 1. The monoisotopic (exact) mass is 374 g/mol. The molecule has 2 aromatic carbocycles. The molecule has 1 N–H and O–H groups in total. The van der Waals surface area contributed by atoms with Crippen LogP contribution in [0.2, 0.25) is 0 Å². The van der Waals surface area contributed by atoms with Crippen LogP contribution in [0.3, 0.4) is 0 Å². The van der Waals surface area contributed by atoms with Gasteiger partial charge in [0, 0.05) is 13.0 Å². The van der Waals surface area contributed by atoms with Gasteiger partial charge in [-0.25, -0.2) is 8.42 Å². The number of carbonyl (C=O) groups excluding carboxylic acids is 1. The van der Waals surface area contributed by atoms with E-state index in [1.165, 1.54) is 7.11 Å². The second kappa shape index (κ2) is 7.37. The van der Waals surface area contributed by atoms with E-state index in [1.807, 2.05) is 0 Å². The molecule has 1 aliphatic heterocycles. The molecule has 0 bridgehead atoms. The molecule has 0 atom stereocenters. The minimum absolute atomic E-state index is 0.0217. The molecule has 7 heteroatoms. The van der Waals surface area contributed by atoms with Crippen molar-refractivity contribution in [3.8, 4) is 5.75 Å². The molecule has 0 unspecified atom stereocenters. The highest BCUT2D eigenvalue weighted by Crippen LogP contribution is 2.34. The molecule has 0 spiro atoms. The maximum absolute atomic E-state index is 12.7. The third-order valence-electron chi connectivity index (χ3n) is 4.43. The van der Waals surface area contributed by atoms with Crippen LogP contribution in [0.25, 0.3) is 0 Å². The first-order chi connectivity index (χ1) is 12.4. The Morgan fingerprint density at radius 3 is 2.58 bits per heavy atom. The summed E-state index contributed by atoms with van der Waals surface area (Å²) in [4.78, 5) is 14.1. The average Bonchev–Trinajstić information content (AvgIpc) is 2.62. The van der Waals surface area contributed by atoms with Crippen LogP contribution >= 0.6 is 0 Å². The predicted octanol–water partition coefficient (Wildman–Crippen LogP) is 3.32. The van der Waals surface area contributed by atoms with Gasteiger partial charge in [-0.3, -0.25) is 9.52 Å². The first-order valence-corrected chi connectivity index (χ1v) is 9.97. The molecule has 1 fully saturated rings. The topological polar surface area (TPSA) is 75.7 Å². The smallest absolute Gasteiger partial charge is 0.262 e. The standard InChI is InChI=1S/C19H22N2O4S/c1-14-7-3-4-8-18(14)26(23,24)20-15-10-11-17(25-2)16(13-15)21-12-6-5-9-19(21)22/h3-4,7-8,10-11,13,20H,5-6,9,12H2,1-2H3. The number of rotatable bonds is 5. The highest BCUT2D eigenvalue weighted by Gasteiger charge is 2.24. The van der Waals surface area contributed by atoms with Gasteiger partial charge in [-0.2, -0.15) is 0 Å². The van der Waals surface area contributed by atoms with Gasteiger partial charge in [0.2, 0.25) is 5.91 Å². The van der Waals surface area contributed by atoms with Crippen LogP contribution in [0.1, 0.15) is 24.8 Å². The van der Waals surface area contributed by atoms with E-state index >= 15 is 0 Å². The fourth-order valence-corrected chi connectivity index (χ4v) is 4.39. The van der Waals surface area contributed by atoms with E-state index in [4.69, 9.17) is 4.74 Å². The molecule has 0 aromatic heterocycles. The van der Waals surface area contributed by atoms with E-state index < -0.39 is 10.0 Å². The van der Waals surface area contributed by atoms with E-state index in [2.05, 4.69) is 4.72 Å². The Hall–Kier alpha value is -2.54. The first-order valence-electron chi connectivity index (χ1n) is 8.49. The normalized spacial score (nSPS) is 15.0. The summed E-state index contributed by atoms with van der Waals surface area (Å²) >= 11 is 0. The van der Waals surface area contributed by atoms with Crippen LogP contribution in [0, 0.1) is 6.92 Å². The number of methoxy groups -OCH3 is 1. The van der Waals surface area contributed by atoms with Crippen molar-refractivity contribution >= 4 is 27.3 Å². The second-order valence-electron chi connectivity index (χ2n) is 6.26. The number of hydrogen-bond acceptors (Lipinski definition) is 4. The molecule has 2 aromatic rings. The number of carbonyl (C=O) groups is 1. The van der Waals surface area contributed by atoms with Crippen molar-refractivity contribution in [1.82, 2.24) is 0 Å². The number of anilines is 2. The van der Waals surface area contributed by atoms with E-state index in [9.17, 15) is 13.2 Å². The van der Waals surface area contributed by atoms with Gasteiger partial charge in [0.25, 0.3) is 10.0 Å². The molecule has 138 valence electrons. The Balaban J connectivity index is 1.95. The largest absolute Gasteiger partial charge is 0.495 e. The highest BCUT2D eigenvalue weighted by atomic mass is 32.2. The third-order valence-corrected chi connectivity index (χ3v) is 5.97. The molecule has 1 amide bonds. The number of nitrogens with zero attached hydrogens (tertiary/aromatic N) is 1. The number of nitrogens with one attached hydrogen (secondary N) is 1. The summed E-state index contributed by atoms with van der Waals surface area (Å²) in [6.45, 7) is 2.35. The Bertz CT molecular complexity index is 925. The third kappa shape index (κ3) is 3.67. The van der Waals surface area contributed by atoms with Gasteiger partial charge in [-0.05, 0) is 49.6 Å². The molecule has 1 saturated heterocycles. The Morgan fingerprint density at radius 1 is 1.12 bits per heavy atom. The lowest BCUT2D eigenvalue weighted by Crippen LogP contribution is -2.35. The zero-order chi connectivity index (χ0) is 18.7.